The van der Waals surface area contributed by atoms with Crippen molar-refractivity contribution < 1.29 is 14.3 Å². The highest BCUT2D eigenvalue weighted by Crippen LogP contribution is 2.40. The normalized spacial score (nSPS) is 33.6. The first kappa shape index (κ1) is 14.9. The van der Waals surface area contributed by atoms with Gasteiger partial charge in [-0.15, -0.1) is 0 Å². The number of morpholine rings is 1. The van der Waals surface area contributed by atoms with E-state index >= 15 is 0 Å². The second-order valence-corrected chi connectivity index (χ2v) is 7.44. The maximum atomic E-state index is 12.5. The molecule has 0 aromatic carbocycles. The molecule has 19 heavy (non-hydrogen) atoms. The van der Waals surface area contributed by atoms with Crippen molar-refractivity contribution in [1.82, 2.24) is 4.90 Å². The van der Waals surface area contributed by atoms with Gasteiger partial charge in [0, 0.05) is 18.6 Å². The van der Waals surface area contributed by atoms with Gasteiger partial charge in [0.15, 0.2) is 5.78 Å². The lowest BCUT2D eigenvalue weighted by molar-refractivity contribution is -0.132. The standard InChI is InChI=1S/C15H27NO3/c1-13(2)10-18-8-7-16(13)9-11-12(17)15(5,6)19-14(11,3)4/h11H,7-10H2,1-6H3. The fraction of sp³-hybridized carbons (Fsp3) is 0.933. The molecule has 2 fully saturated rings. The lowest BCUT2D eigenvalue weighted by Crippen LogP contribution is -2.56. The summed E-state index contributed by atoms with van der Waals surface area (Å²) in [6.45, 7) is 15.3. The van der Waals surface area contributed by atoms with Crippen LogP contribution in [0.4, 0.5) is 0 Å². The van der Waals surface area contributed by atoms with E-state index in [1.807, 2.05) is 27.7 Å². The number of hydrogen-bond donors (Lipinski definition) is 0. The van der Waals surface area contributed by atoms with E-state index in [0.29, 0.717) is 0 Å². The van der Waals surface area contributed by atoms with Gasteiger partial charge in [0.1, 0.15) is 5.60 Å². The summed E-state index contributed by atoms with van der Waals surface area (Å²) >= 11 is 0. The lowest BCUT2D eigenvalue weighted by atomic mass is 9.84. The van der Waals surface area contributed by atoms with Crippen molar-refractivity contribution >= 4 is 5.78 Å². The number of carbonyl (C=O) groups excluding carboxylic acids is 1. The third-order valence-electron chi connectivity index (χ3n) is 4.49. The first-order chi connectivity index (χ1) is 8.56. The molecule has 2 rings (SSSR count). The molecular weight excluding hydrogens is 242 g/mol. The average molecular weight is 269 g/mol. The first-order valence-electron chi connectivity index (χ1n) is 7.13. The first-order valence-corrected chi connectivity index (χ1v) is 7.13. The van der Waals surface area contributed by atoms with Gasteiger partial charge in [0.25, 0.3) is 0 Å². The van der Waals surface area contributed by atoms with Crippen molar-refractivity contribution in [3.05, 3.63) is 0 Å². The van der Waals surface area contributed by atoms with Crippen LogP contribution in [0.25, 0.3) is 0 Å². The highest BCUT2D eigenvalue weighted by atomic mass is 16.5. The molecule has 0 aliphatic carbocycles. The molecule has 2 heterocycles. The second kappa shape index (κ2) is 4.54. The van der Waals surface area contributed by atoms with Gasteiger partial charge in [0.2, 0.25) is 0 Å². The van der Waals surface area contributed by atoms with Gasteiger partial charge in [-0.05, 0) is 41.5 Å². The lowest BCUT2D eigenvalue weighted by Gasteiger charge is -2.44. The van der Waals surface area contributed by atoms with E-state index in [4.69, 9.17) is 9.47 Å². The van der Waals surface area contributed by atoms with E-state index in [-0.39, 0.29) is 17.2 Å². The number of Topliss-reactive ketones (excluding diaryl/α,β-unsaturated/α-hetero) is 1. The van der Waals surface area contributed by atoms with Crippen molar-refractivity contribution in [2.24, 2.45) is 5.92 Å². The molecule has 0 bridgehead atoms. The van der Waals surface area contributed by atoms with Gasteiger partial charge in [-0.1, -0.05) is 0 Å². The molecule has 0 spiro atoms. The molecule has 0 saturated carbocycles. The van der Waals surface area contributed by atoms with Crippen molar-refractivity contribution in [1.29, 1.82) is 0 Å². The Labute approximate surface area is 116 Å². The molecule has 1 atom stereocenters. The Kier molecular flexibility index (Phi) is 3.57. The number of nitrogens with zero attached hydrogens (tertiary/aromatic N) is 1. The minimum atomic E-state index is -0.662. The van der Waals surface area contributed by atoms with Crippen LogP contribution in [0, 0.1) is 5.92 Å². The predicted molar refractivity (Wildman–Crippen MR) is 74.2 cm³/mol. The van der Waals surface area contributed by atoms with Gasteiger partial charge in [0.05, 0.1) is 24.7 Å². The van der Waals surface area contributed by atoms with Gasteiger partial charge in [-0.2, -0.15) is 0 Å². The molecule has 0 aromatic rings. The SMILES string of the molecule is CC1(C)OC(C)(C)C(CN2CCOCC2(C)C)C1=O. The minimum absolute atomic E-state index is 0.0126. The second-order valence-electron chi connectivity index (χ2n) is 7.44. The molecule has 4 heteroatoms. The maximum absolute atomic E-state index is 12.5. The van der Waals surface area contributed by atoms with Gasteiger partial charge < -0.3 is 9.47 Å². The molecule has 2 saturated heterocycles. The van der Waals surface area contributed by atoms with E-state index in [0.717, 1.165) is 26.3 Å². The average Bonchev–Trinajstić information content (AvgIpc) is 2.38. The Hall–Kier alpha value is -0.450. The van der Waals surface area contributed by atoms with E-state index in [1.165, 1.54) is 0 Å². The summed E-state index contributed by atoms with van der Waals surface area (Å²) in [6.07, 6.45) is 0. The summed E-state index contributed by atoms with van der Waals surface area (Å²) in [6, 6.07) is 0. The summed E-state index contributed by atoms with van der Waals surface area (Å²) in [5.41, 5.74) is -1.07. The van der Waals surface area contributed by atoms with E-state index in [2.05, 4.69) is 18.7 Å². The molecule has 110 valence electrons. The minimum Gasteiger partial charge on any atom is -0.378 e. The van der Waals surface area contributed by atoms with Crippen LogP contribution in [-0.2, 0) is 14.3 Å². The summed E-state index contributed by atoms with van der Waals surface area (Å²) in [7, 11) is 0. The van der Waals surface area contributed by atoms with Gasteiger partial charge in [-0.25, -0.2) is 0 Å². The third kappa shape index (κ3) is 2.71. The topological polar surface area (TPSA) is 38.8 Å². The van der Waals surface area contributed by atoms with Crippen LogP contribution in [0.15, 0.2) is 0 Å². The van der Waals surface area contributed by atoms with Crippen LogP contribution in [-0.4, -0.2) is 53.7 Å². The molecule has 2 aliphatic rings. The van der Waals surface area contributed by atoms with Crippen LogP contribution in [0.1, 0.15) is 41.5 Å². The number of hydrogen-bond acceptors (Lipinski definition) is 4. The number of ether oxygens (including phenoxy) is 2. The van der Waals surface area contributed by atoms with Gasteiger partial charge >= 0.3 is 0 Å². The van der Waals surface area contributed by atoms with E-state index < -0.39 is 11.2 Å². The maximum Gasteiger partial charge on any atom is 0.171 e. The highest BCUT2D eigenvalue weighted by molar-refractivity contribution is 5.91. The third-order valence-corrected chi connectivity index (χ3v) is 4.49. The van der Waals surface area contributed by atoms with Crippen molar-refractivity contribution in [3.63, 3.8) is 0 Å². The zero-order valence-corrected chi connectivity index (χ0v) is 13.1. The smallest absolute Gasteiger partial charge is 0.171 e. The Morgan fingerprint density at radius 3 is 2.32 bits per heavy atom. The monoisotopic (exact) mass is 269 g/mol. The number of carbonyl (C=O) groups is 1. The Bertz CT molecular complexity index is 374. The highest BCUT2D eigenvalue weighted by Gasteiger charge is 2.54. The Balaban J connectivity index is 2.16. The summed E-state index contributed by atoms with van der Waals surface area (Å²) < 4.78 is 11.5. The summed E-state index contributed by atoms with van der Waals surface area (Å²) in [5, 5.41) is 0. The van der Waals surface area contributed by atoms with E-state index in [1.54, 1.807) is 0 Å². The fourth-order valence-electron chi connectivity index (χ4n) is 3.27. The Morgan fingerprint density at radius 1 is 1.21 bits per heavy atom. The number of ketones is 1. The quantitative estimate of drug-likeness (QED) is 0.767. The van der Waals surface area contributed by atoms with Crippen LogP contribution in [0.5, 0.6) is 0 Å². The summed E-state index contributed by atoms with van der Waals surface area (Å²) in [4.78, 5) is 14.9. The molecule has 0 radical (unpaired) electrons. The molecule has 4 nitrogen and oxygen atoms in total. The number of rotatable bonds is 2. The molecule has 0 N–H and O–H groups in total. The molecule has 0 aromatic heterocycles. The largest absolute Gasteiger partial charge is 0.378 e. The van der Waals surface area contributed by atoms with Crippen LogP contribution >= 0.6 is 0 Å². The van der Waals surface area contributed by atoms with Crippen molar-refractivity contribution in [2.45, 2.75) is 58.3 Å². The van der Waals surface area contributed by atoms with Crippen LogP contribution < -0.4 is 0 Å². The molecule has 2 aliphatic heterocycles. The van der Waals surface area contributed by atoms with E-state index in [9.17, 15) is 4.79 Å². The van der Waals surface area contributed by atoms with Crippen molar-refractivity contribution in [2.75, 3.05) is 26.3 Å². The van der Waals surface area contributed by atoms with Crippen LogP contribution in [0.2, 0.25) is 0 Å². The Morgan fingerprint density at radius 2 is 1.84 bits per heavy atom. The van der Waals surface area contributed by atoms with Crippen molar-refractivity contribution in [3.8, 4) is 0 Å². The summed E-state index contributed by atoms with van der Waals surface area (Å²) in [5.74, 6) is 0.152. The molecule has 1 unspecified atom stereocenters. The molecule has 0 amide bonds. The predicted octanol–water partition coefficient (Wildman–Crippen LogP) is 1.87. The van der Waals surface area contributed by atoms with Crippen LogP contribution in [0.3, 0.4) is 0 Å². The molecular formula is C15H27NO3. The van der Waals surface area contributed by atoms with Gasteiger partial charge in [-0.3, -0.25) is 9.69 Å². The zero-order chi connectivity index (χ0) is 14.5. The fourth-order valence-corrected chi connectivity index (χ4v) is 3.27. The zero-order valence-electron chi connectivity index (χ0n) is 13.1.